The molecule has 1 aromatic carbocycles. The van der Waals surface area contributed by atoms with Gasteiger partial charge in [-0.3, -0.25) is 9.69 Å². The van der Waals surface area contributed by atoms with Gasteiger partial charge in [0.05, 0.1) is 13.7 Å². The van der Waals surface area contributed by atoms with E-state index >= 15 is 0 Å². The van der Waals surface area contributed by atoms with E-state index in [0.717, 1.165) is 12.1 Å². The summed E-state index contributed by atoms with van der Waals surface area (Å²) in [4.78, 5) is 13.3. The van der Waals surface area contributed by atoms with Crippen molar-refractivity contribution in [2.75, 3.05) is 27.2 Å². The number of amides is 1. The van der Waals surface area contributed by atoms with E-state index in [1.165, 1.54) is 7.11 Å². The number of likely N-dealkylation sites (N-methyl/N-ethyl adjacent to an activating group) is 2. The molecule has 0 saturated heterocycles. The van der Waals surface area contributed by atoms with E-state index in [1.54, 1.807) is 19.2 Å². The number of nitrogens with zero attached hydrogens (tertiary/aromatic N) is 1. The number of phenols is 1. The lowest BCUT2D eigenvalue weighted by Gasteiger charge is -2.19. The lowest BCUT2D eigenvalue weighted by Crippen LogP contribution is -2.35. The average Bonchev–Trinajstić information content (AvgIpc) is 2.38. The lowest BCUT2D eigenvalue weighted by atomic mass is 10.2. The van der Waals surface area contributed by atoms with E-state index in [2.05, 4.69) is 5.32 Å². The Morgan fingerprint density at radius 3 is 2.72 bits per heavy atom. The summed E-state index contributed by atoms with van der Waals surface area (Å²) in [5, 5.41) is 12.3. The van der Waals surface area contributed by atoms with Gasteiger partial charge in [0.1, 0.15) is 0 Å². The van der Waals surface area contributed by atoms with Crippen LogP contribution in [0.3, 0.4) is 0 Å². The minimum absolute atomic E-state index is 0.0189. The van der Waals surface area contributed by atoms with Gasteiger partial charge >= 0.3 is 0 Å². The Balaban J connectivity index is 2.70. The summed E-state index contributed by atoms with van der Waals surface area (Å²) in [6, 6.07) is 5.26. The molecule has 1 amide bonds. The first-order valence-electron chi connectivity index (χ1n) is 5.89. The van der Waals surface area contributed by atoms with Crippen LogP contribution in [-0.4, -0.2) is 43.2 Å². The molecule has 0 aliphatic carbocycles. The summed E-state index contributed by atoms with van der Waals surface area (Å²) in [7, 11) is 3.13. The molecule has 0 atom stereocenters. The van der Waals surface area contributed by atoms with E-state index in [1.807, 2.05) is 17.9 Å². The number of hydrogen-bond acceptors (Lipinski definition) is 4. The number of phenolic OH excluding ortho intramolecular Hbond substituents is 1. The Labute approximate surface area is 107 Å². The van der Waals surface area contributed by atoms with E-state index in [0.29, 0.717) is 18.8 Å². The largest absolute Gasteiger partial charge is 0.504 e. The molecule has 18 heavy (non-hydrogen) atoms. The highest BCUT2D eigenvalue weighted by Gasteiger charge is 2.10. The van der Waals surface area contributed by atoms with Gasteiger partial charge in [-0.25, -0.2) is 0 Å². The number of aromatic hydroxyl groups is 1. The zero-order chi connectivity index (χ0) is 13.5. The molecule has 2 N–H and O–H groups in total. The molecule has 5 heteroatoms. The Kier molecular flexibility index (Phi) is 5.45. The monoisotopic (exact) mass is 252 g/mol. The van der Waals surface area contributed by atoms with Gasteiger partial charge in [-0.05, 0) is 24.2 Å². The van der Waals surface area contributed by atoms with Gasteiger partial charge in [-0.2, -0.15) is 0 Å². The normalized spacial score (nSPS) is 10.4. The molecule has 0 aromatic heterocycles. The molecule has 5 nitrogen and oxygen atoms in total. The first-order chi connectivity index (χ1) is 8.60. The van der Waals surface area contributed by atoms with Crippen molar-refractivity contribution < 1.29 is 14.6 Å². The topological polar surface area (TPSA) is 61.8 Å². The van der Waals surface area contributed by atoms with Crippen LogP contribution in [0.4, 0.5) is 0 Å². The third-order valence-electron chi connectivity index (χ3n) is 2.74. The van der Waals surface area contributed by atoms with Gasteiger partial charge < -0.3 is 15.2 Å². The third-order valence-corrected chi connectivity index (χ3v) is 2.74. The molecule has 0 bridgehead atoms. The lowest BCUT2D eigenvalue weighted by molar-refractivity contribution is -0.121. The fraction of sp³-hybridized carbons (Fsp3) is 0.462. The molecule has 100 valence electrons. The molecular formula is C13H20N2O3. The van der Waals surface area contributed by atoms with Crippen LogP contribution in [-0.2, 0) is 11.3 Å². The molecule has 0 heterocycles. The van der Waals surface area contributed by atoms with Crippen LogP contribution in [0.15, 0.2) is 18.2 Å². The van der Waals surface area contributed by atoms with Crippen LogP contribution in [0.1, 0.15) is 12.5 Å². The second-order valence-electron chi connectivity index (χ2n) is 3.98. The van der Waals surface area contributed by atoms with E-state index in [4.69, 9.17) is 4.74 Å². The van der Waals surface area contributed by atoms with Crippen LogP contribution in [0, 0.1) is 0 Å². The summed E-state index contributed by atoms with van der Waals surface area (Å²) in [6.07, 6.45) is 0. The summed E-state index contributed by atoms with van der Waals surface area (Å²) in [5.74, 6) is 0.550. The van der Waals surface area contributed by atoms with Gasteiger partial charge in [0.15, 0.2) is 11.5 Å². The summed E-state index contributed by atoms with van der Waals surface area (Å²) >= 11 is 0. The number of carbonyl (C=O) groups excluding carboxylic acids is 1. The second-order valence-corrected chi connectivity index (χ2v) is 3.98. The smallest absolute Gasteiger partial charge is 0.233 e. The number of carbonyl (C=O) groups is 1. The van der Waals surface area contributed by atoms with Crippen molar-refractivity contribution in [2.45, 2.75) is 13.5 Å². The molecule has 0 radical (unpaired) electrons. The first-order valence-corrected chi connectivity index (χ1v) is 5.89. The van der Waals surface area contributed by atoms with Gasteiger partial charge in [0, 0.05) is 13.6 Å². The number of methoxy groups -OCH3 is 1. The van der Waals surface area contributed by atoms with E-state index in [9.17, 15) is 9.90 Å². The summed E-state index contributed by atoms with van der Waals surface area (Å²) in [5.41, 5.74) is 0.944. The van der Waals surface area contributed by atoms with Crippen LogP contribution in [0.5, 0.6) is 11.5 Å². The van der Waals surface area contributed by atoms with Gasteiger partial charge in [0.2, 0.25) is 5.91 Å². The molecule has 0 spiro atoms. The van der Waals surface area contributed by atoms with Gasteiger partial charge in [0.25, 0.3) is 0 Å². The standard InChI is InChI=1S/C13H20N2O3/c1-4-15(9-13(17)14-2)8-10-5-6-12(18-3)11(16)7-10/h5-7,16H,4,8-9H2,1-3H3,(H,14,17). The molecule has 1 rings (SSSR count). The van der Waals surface area contributed by atoms with Gasteiger partial charge in [-0.1, -0.05) is 13.0 Å². The summed E-state index contributed by atoms with van der Waals surface area (Å²) < 4.78 is 4.99. The predicted octanol–water partition coefficient (Wildman–Crippen LogP) is 0.969. The highest BCUT2D eigenvalue weighted by atomic mass is 16.5. The van der Waals surface area contributed by atoms with E-state index < -0.39 is 0 Å². The number of nitrogens with one attached hydrogen (secondary N) is 1. The van der Waals surface area contributed by atoms with Crippen molar-refractivity contribution in [1.29, 1.82) is 0 Å². The number of hydrogen-bond donors (Lipinski definition) is 2. The molecule has 0 aliphatic heterocycles. The Hall–Kier alpha value is -1.75. The van der Waals surface area contributed by atoms with Crippen LogP contribution < -0.4 is 10.1 Å². The zero-order valence-electron chi connectivity index (χ0n) is 11.1. The van der Waals surface area contributed by atoms with Crippen molar-refractivity contribution in [3.63, 3.8) is 0 Å². The van der Waals surface area contributed by atoms with Crippen molar-refractivity contribution in [3.8, 4) is 11.5 Å². The second kappa shape index (κ2) is 6.86. The quantitative estimate of drug-likeness (QED) is 0.792. The van der Waals surface area contributed by atoms with Crippen molar-refractivity contribution >= 4 is 5.91 Å². The maximum absolute atomic E-state index is 11.3. The molecular weight excluding hydrogens is 232 g/mol. The van der Waals surface area contributed by atoms with Gasteiger partial charge in [-0.15, -0.1) is 0 Å². The number of rotatable bonds is 6. The van der Waals surface area contributed by atoms with Crippen molar-refractivity contribution in [1.82, 2.24) is 10.2 Å². The predicted molar refractivity (Wildman–Crippen MR) is 69.7 cm³/mol. The third kappa shape index (κ3) is 3.92. The maximum atomic E-state index is 11.3. The fourth-order valence-corrected chi connectivity index (χ4v) is 1.65. The highest BCUT2D eigenvalue weighted by Crippen LogP contribution is 2.26. The van der Waals surface area contributed by atoms with Crippen LogP contribution in [0.25, 0.3) is 0 Å². The first kappa shape index (κ1) is 14.3. The zero-order valence-corrected chi connectivity index (χ0v) is 11.1. The average molecular weight is 252 g/mol. The van der Waals surface area contributed by atoms with Crippen molar-refractivity contribution in [2.24, 2.45) is 0 Å². The molecule has 0 fully saturated rings. The number of ether oxygens (including phenoxy) is 1. The molecule has 1 aromatic rings. The van der Waals surface area contributed by atoms with Crippen LogP contribution >= 0.6 is 0 Å². The molecule has 0 saturated carbocycles. The Morgan fingerprint density at radius 1 is 1.50 bits per heavy atom. The fourth-order valence-electron chi connectivity index (χ4n) is 1.65. The van der Waals surface area contributed by atoms with Crippen LogP contribution in [0.2, 0.25) is 0 Å². The summed E-state index contributed by atoms with van der Waals surface area (Å²) in [6.45, 7) is 3.72. The highest BCUT2D eigenvalue weighted by molar-refractivity contribution is 5.77. The molecule has 0 unspecified atom stereocenters. The minimum Gasteiger partial charge on any atom is -0.504 e. The molecule has 0 aliphatic rings. The Morgan fingerprint density at radius 2 is 2.22 bits per heavy atom. The maximum Gasteiger partial charge on any atom is 0.233 e. The minimum atomic E-state index is -0.0189. The van der Waals surface area contributed by atoms with E-state index in [-0.39, 0.29) is 11.7 Å². The van der Waals surface area contributed by atoms with Crippen molar-refractivity contribution in [3.05, 3.63) is 23.8 Å². The SMILES string of the molecule is CCN(CC(=O)NC)Cc1ccc(OC)c(O)c1. The Bertz CT molecular complexity index is 407. The number of benzene rings is 1.